The molecule has 2 rings (SSSR count). The van der Waals surface area contributed by atoms with Gasteiger partial charge in [0.2, 0.25) is 0 Å². The van der Waals surface area contributed by atoms with Crippen LogP contribution in [0.25, 0.3) is 0 Å². The molecule has 1 aliphatic rings. The lowest BCUT2D eigenvalue weighted by Crippen LogP contribution is -2.38. The molecule has 0 radical (unpaired) electrons. The van der Waals surface area contributed by atoms with Crippen molar-refractivity contribution in [1.29, 1.82) is 0 Å². The van der Waals surface area contributed by atoms with Gasteiger partial charge in [-0.25, -0.2) is 4.98 Å². The van der Waals surface area contributed by atoms with E-state index in [-0.39, 0.29) is 6.04 Å². The van der Waals surface area contributed by atoms with E-state index >= 15 is 0 Å². The molecule has 0 aliphatic heterocycles. The van der Waals surface area contributed by atoms with Gasteiger partial charge in [0.1, 0.15) is 0 Å². The van der Waals surface area contributed by atoms with Crippen LogP contribution in [0.1, 0.15) is 37.9 Å². The van der Waals surface area contributed by atoms with Crippen molar-refractivity contribution in [2.75, 3.05) is 6.26 Å². The summed E-state index contributed by atoms with van der Waals surface area (Å²) in [6.07, 6.45) is 10.0. The molecule has 2 N–H and O–H groups in total. The highest BCUT2D eigenvalue weighted by Crippen LogP contribution is 2.44. The van der Waals surface area contributed by atoms with Crippen molar-refractivity contribution >= 4 is 11.8 Å². The number of rotatable bonds is 4. The molecule has 4 heteroatoms. The second-order valence-electron chi connectivity index (χ2n) is 4.48. The molecule has 1 fully saturated rings. The largest absolute Gasteiger partial charge is 0.332 e. The van der Waals surface area contributed by atoms with E-state index in [4.69, 9.17) is 5.73 Å². The first-order valence-corrected chi connectivity index (χ1v) is 6.70. The average Bonchev–Trinajstić information content (AvgIpc) is 2.59. The molecule has 1 heterocycles. The van der Waals surface area contributed by atoms with Crippen LogP contribution in [-0.2, 0) is 6.54 Å². The number of aromatic nitrogens is 2. The fraction of sp³-hybridized carbons (Fsp3) is 0.727. The van der Waals surface area contributed by atoms with Gasteiger partial charge in [-0.2, -0.15) is 11.8 Å². The number of imidazole rings is 1. The maximum atomic E-state index is 5.91. The van der Waals surface area contributed by atoms with Crippen molar-refractivity contribution in [2.45, 2.75) is 43.5 Å². The van der Waals surface area contributed by atoms with E-state index in [2.05, 4.69) is 15.8 Å². The quantitative estimate of drug-likeness (QED) is 0.854. The highest BCUT2D eigenvalue weighted by Gasteiger charge is 2.36. The fourth-order valence-electron chi connectivity index (χ4n) is 2.15. The first kappa shape index (κ1) is 11.0. The van der Waals surface area contributed by atoms with Crippen LogP contribution in [0.3, 0.4) is 0 Å². The first-order valence-electron chi connectivity index (χ1n) is 5.48. The van der Waals surface area contributed by atoms with Gasteiger partial charge >= 0.3 is 0 Å². The summed E-state index contributed by atoms with van der Waals surface area (Å²) in [6.45, 7) is 3.07. The van der Waals surface area contributed by atoms with Crippen molar-refractivity contribution in [3.05, 3.63) is 18.2 Å². The molecule has 1 aromatic heterocycles. The van der Waals surface area contributed by atoms with E-state index in [0.29, 0.717) is 4.75 Å². The minimum absolute atomic E-state index is 0.0754. The summed E-state index contributed by atoms with van der Waals surface area (Å²) in [7, 11) is 0. The predicted molar refractivity (Wildman–Crippen MR) is 64.9 cm³/mol. The molecule has 0 spiro atoms. The average molecular weight is 225 g/mol. The van der Waals surface area contributed by atoms with E-state index in [0.717, 1.165) is 12.2 Å². The van der Waals surface area contributed by atoms with Crippen molar-refractivity contribution in [1.82, 2.24) is 9.55 Å². The normalized spacial score (nSPS) is 21.0. The first-order chi connectivity index (χ1) is 7.17. The summed E-state index contributed by atoms with van der Waals surface area (Å²) in [6, 6.07) is 0.0754. The standard InChI is InChI=1S/C11H19N3S/c1-9(12)10-6-13-8-14(10)7-11(15-2)4-3-5-11/h6,8-9H,3-5,7,12H2,1-2H3. The fourth-order valence-corrected chi connectivity index (χ4v) is 3.12. The van der Waals surface area contributed by atoms with E-state index in [1.165, 1.54) is 19.3 Å². The third-order valence-electron chi connectivity index (χ3n) is 3.37. The minimum atomic E-state index is 0.0754. The SMILES string of the molecule is CSC1(Cn2cncc2C(C)N)CCC1. The Hall–Kier alpha value is -0.480. The zero-order valence-electron chi connectivity index (χ0n) is 9.44. The van der Waals surface area contributed by atoms with Crippen LogP contribution in [-0.4, -0.2) is 20.6 Å². The highest BCUT2D eigenvalue weighted by molar-refractivity contribution is 8.00. The molecule has 3 nitrogen and oxygen atoms in total. The summed E-state index contributed by atoms with van der Waals surface area (Å²) in [5.74, 6) is 0. The third kappa shape index (κ3) is 2.06. The van der Waals surface area contributed by atoms with Crippen LogP contribution in [0.4, 0.5) is 0 Å². The molecule has 1 atom stereocenters. The van der Waals surface area contributed by atoms with Gasteiger partial charge in [-0.3, -0.25) is 0 Å². The maximum Gasteiger partial charge on any atom is 0.0949 e. The topological polar surface area (TPSA) is 43.8 Å². The Bertz CT molecular complexity index is 323. The van der Waals surface area contributed by atoms with E-state index in [1.807, 2.05) is 31.2 Å². The summed E-state index contributed by atoms with van der Waals surface area (Å²) < 4.78 is 2.67. The molecule has 0 aromatic carbocycles. The van der Waals surface area contributed by atoms with Gasteiger partial charge in [0.05, 0.1) is 12.0 Å². The van der Waals surface area contributed by atoms with Gasteiger partial charge in [0, 0.05) is 23.5 Å². The lowest BCUT2D eigenvalue weighted by atomic mass is 9.84. The summed E-state index contributed by atoms with van der Waals surface area (Å²) in [5.41, 5.74) is 7.06. The van der Waals surface area contributed by atoms with Gasteiger partial charge < -0.3 is 10.3 Å². The second-order valence-corrected chi connectivity index (χ2v) is 5.75. The zero-order chi connectivity index (χ0) is 10.9. The zero-order valence-corrected chi connectivity index (χ0v) is 10.3. The molecule has 1 aromatic rings. The van der Waals surface area contributed by atoms with Crippen molar-refractivity contribution in [2.24, 2.45) is 5.73 Å². The summed E-state index contributed by atoms with van der Waals surface area (Å²) in [5, 5.41) is 0. The number of thioether (sulfide) groups is 1. The monoisotopic (exact) mass is 225 g/mol. The molecule has 84 valence electrons. The van der Waals surface area contributed by atoms with Crippen LogP contribution in [0.2, 0.25) is 0 Å². The molecule has 1 saturated carbocycles. The Balaban J connectivity index is 2.13. The van der Waals surface area contributed by atoms with Crippen LogP contribution in [0, 0.1) is 0 Å². The molecule has 0 saturated heterocycles. The predicted octanol–water partition coefficient (Wildman–Crippen LogP) is 2.19. The lowest BCUT2D eigenvalue weighted by Gasteiger charge is -2.41. The van der Waals surface area contributed by atoms with Gasteiger partial charge in [-0.1, -0.05) is 6.42 Å². The highest BCUT2D eigenvalue weighted by atomic mass is 32.2. The number of nitrogens with zero attached hydrogens (tertiary/aromatic N) is 2. The van der Waals surface area contributed by atoms with Gasteiger partial charge in [-0.05, 0) is 26.0 Å². The number of hydrogen-bond acceptors (Lipinski definition) is 3. The van der Waals surface area contributed by atoms with Crippen molar-refractivity contribution in [3.63, 3.8) is 0 Å². The Morgan fingerprint density at radius 3 is 2.87 bits per heavy atom. The van der Waals surface area contributed by atoms with Gasteiger partial charge in [0.15, 0.2) is 0 Å². The van der Waals surface area contributed by atoms with Crippen LogP contribution < -0.4 is 5.73 Å². The number of hydrogen-bond donors (Lipinski definition) is 1. The molecule has 0 bridgehead atoms. The third-order valence-corrected chi connectivity index (χ3v) is 4.77. The van der Waals surface area contributed by atoms with Crippen molar-refractivity contribution in [3.8, 4) is 0 Å². The molecular weight excluding hydrogens is 206 g/mol. The molecule has 1 unspecified atom stereocenters. The summed E-state index contributed by atoms with van der Waals surface area (Å²) >= 11 is 1.99. The smallest absolute Gasteiger partial charge is 0.0949 e. The van der Waals surface area contributed by atoms with E-state index in [1.54, 1.807) is 0 Å². The van der Waals surface area contributed by atoms with Crippen LogP contribution in [0.15, 0.2) is 12.5 Å². The van der Waals surface area contributed by atoms with Crippen LogP contribution >= 0.6 is 11.8 Å². The maximum absolute atomic E-state index is 5.91. The Labute approximate surface area is 95.4 Å². The Morgan fingerprint density at radius 2 is 2.40 bits per heavy atom. The van der Waals surface area contributed by atoms with Gasteiger partial charge in [-0.15, -0.1) is 0 Å². The second kappa shape index (κ2) is 4.18. The number of nitrogens with two attached hydrogens (primary N) is 1. The Morgan fingerprint density at radius 1 is 1.67 bits per heavy atom. The molecule has 15 heavy (non-hydrogen) atoms. The molecule has 1 aliphatic carbocycles. The lowest BCUT2D eigenvalue weighted by molar-refractivity contribution is 0.317. The van der Waals surface area contributed by atoms with Crippen LogP contribution in [0.5, 0.6) is 0 Å². The van der Waals surface area contributed by atoms with Crippen molar-refractivity contribution < 1.29 is 0 Å². The molecular formula is C11H19N3S. The van der Waals surface area contributed by atoms with E-state index < -0.39 is 0 Å². The molecule has 0 amide bonds. The minimum Gasteiger partial charge on any atom is -0.332 e. The Kier molecular flexibility index (Phi) is 3.07. The van der Waals surface area contributed by atoms with Gasteiger partial charge in [0.25, 0.3) is 0 Å². The van der Waals surface area contributed by atoms with E-state index in [9.17, 15) is 0 Å². The summed E-state index contributed by atoms with van der Waals surface area (Å²) in [4.78, 5) is 4.19.